The fourth-order valence-corrected chi connectivity index (χ4v) is 2.70. The van der Waals surface area contributed by atoms with E-state index in [4.69, 9.17) is 9.47 Å². The van der Waals surface area contributed by atoms with Crippen LogP contribution in [-0.4, -0.2) is 41.8 Å². The Balaban J connectivity index is 2.30. The second-order valence-electron chi connectivity index (χ2n) is 7.27. The lowest BCUT2D eigenvalue weighted by Crippen LogP contribution is -2.44. The molecule has 1 saturated heterocycles. The van der Waals surface area contributed by atoms with Crippen LogP contribution in [0.5, 0.6) is 0 Å². The molecule has 0 aliphatic carbocycles. The average Bonchev–Trinajstić information content (AvgIpc) is 2.94. The molecule has 1 heterocycles. The van der Waals surface area contributed by atoms with E-state index in [0.717, 1.165) is 19.3 Å². The topological polar surface area (TPSA) is 55.8 Å². The molecule has 1 amide bonds. The lowest BCUT2D eigenvalue weighted by molar-refractivity contribution is -0.148. The Labute approximate surface area is 140 Å². The van der Waals surface area contributed by atoms with Gasteiger partial charge >= 0.3 is 12.1 Å². The van der Waals surface area contributed by atoms with Crippen molar-refractivity contribution in [1.82, 2.24) is 4.90 Å². The van der Waals surface area contributed by atoms with E-state index in [1.54, 1.807) is 0 Å². The highest BCUT2D eigenvalue weighted by Crippen LogP contribution is 2.22. The van der Waals surface area contributed by atoms with Gasteiger partial charge in [-0.25, -0.2) is 9.59 Å². The van der Waals surface area contributed by atoms with E-state index in [0.29, 0.717) is 19.6 Å². The highest BCUT2D eigenvalue weighted by Gasteiger charge is 2.37. The van der Waals surface area contributed by atoms with E-state index < -0.39 is 17.7 Å². The van der Waals surface area contributed by atoms with Crippen LogP contribution in [0, 0.1) is 0 Å². The predicted octanol–water partition coefficient (Wildman–Crippen LogP) is 4.29. The summed E-state index contributed by atoms with van der Waals surface area (Å²) >= 11 is 0. The Hall–Kier alpha value is -1.26. The number of hydrogen-bond donors (Lipinski definition) is 0. The molecule has 134 valence electrons. The van der Waals surface area contributed by atoms with Gasteiger partial charge in [0.05, 0.1) is 6.61 Å². The van der Waals surface area contributed by atoms with Gasteiger partial charge in [0.15, 0.2) is 0 Å². The molecule has 0 aromatic rings. The summed E-state index contributed by atoms with van der Waals surface area (Å²) in [5.41, 5.74) is -0.549. The fraction of sp³-hybridized carbons (Fsp3) is 0.889. The molecule has 1 aliphatic heterocycles. The summed E-state index contributed by atoms with van der Waals surface area (Å²) in [4.78, 5) is 25.8. The maximum absolute atomic E-state index is 12.2. The molecule has 0 N–H and O–H groups in total. The SMILES string of the molecule is CCCCCCCCOC(=O)[C@@H]1CCCN1C(=O)OC(C)(C)C. The Bertz CT molecular complexity index is 376. The minimum atomic E-state index is -0.549. The van der Waals surface area contributed by atoms with Gasteiger partial charge in [-0.1, -0.05) is 39.0 Å². The molecule has 0 spiro atoms. The second-order valence-corrected chi connectivity index (χ2v) is 7.27. The smallest absolute Gasteiger partial charge is 0.411 e. The zero-order valence-corrected chi connectivity index (χ0v) is 15.2. The molecule has 0 radical (unpaired) electrons. The number of esters is 1. The first-order valence-corrected chi connectivity index (χ1v) is 9.01. The van der Waals surface area contributed by atoms with Crippen molar-refractivity contribution in [3.05, 3.63) is 0 Å². The van der Waals surface area contributed by atoms with Gasteiger partial charge in [0, 0.05) is 6.54 Å². The molecule has 1 atom stereocenters. The Morgan fingerprint density at radius 2 is 1.74 bits per heavy atom. The Morgan fingerprint density at radius 3 is 2.39 bits per heavy atom. The van der Waals surface area contributed by atoms with Crippen molar-refractivity contribution in [3.63, 3.8) is 0 Å². The molecule has 1 fully saturated rings. The van der Waals surface area contributed by atoms with Crippen molar-refractivity contribution in [2.45, 2.75) is 90.7 Å². The number of amides is 1. The quantitative estimate of drug-likeness (QED) is 0.493. The number of carbonyl (C=O) groups is 2. The number of rotatable bonds is 8. The lowest BCUT2D eigenvalue weighted by atomic mass is 10.1. The third kappa shape index (κ3) is 7.71. The summed E-state index contributed by atoms with van der Waals surface area (Å²) in [5.74, 6) is -0.290. The molecule has 0 unspecified atom stereocenters. The van der Waals surface area contributed by atoms with Gasteiger partial charge in [-0.2, -0.15) is 0 Å². The number of hydrogen-bond acceptors (Lipinski definition) is 4. The van der Waals surface area contributed by atoms with Gasteiger partial charge in [-0.15, -0.1) is 0 Å². The van der Waals surface area contributed by atoms with Crippen LogP contribution in [0.25, 0.3) is 0 Å². The van der Waals surface area contributed by atoms with Crippen molar-refractivity contribution >= 4 is 12.1 Å². The van der Waals surface area contributed by atoms with Crippen molar-refractivity contribution in [2.75, 3.05) is 13.2 Å². The Morgan fingerprint density at radius 1 is 1.09 bits per heavy atom. The van der Waals surface area contributed by atoms with Crippen LogP contribution in [0.2, 0.25) is 0 Å². The van der Waals surface area contributed by atoms with Gasteiger partial charge in [-0.3, -0.25) is 4.90 Å². The van der Waals surface area contributed by atoms with E-state index in [-0.39, 0.29) is 5.97 Å². The van der Waals surface area contributed by atoms with E-state index in [9.17, 15) is 9.59 Å². The normalized spacial score (nSPS) is 18.1. The van der Waals surface area contributed by atoms with Gasteiger partial charge in [-0.05, 0) is 40.0 Å². The Kier molecular flexibility index (Phi) is 8.42. The number of likely N-dealkylation sites (tertiary alicyclic amines) is 1. The number of ether oxygens (including phenoxy) is 2. The van der Waals surface area contributed by atoms with Gasteiger partial charge < -0.3 is 9.47 Å². The van der Waals surface area contributed by atoms with Crippen molar-refractivity contribution < 1.29 is 19.1 Å². The van der Waals surface area contributed by atoms with E-state index >= 15 is 0 Å². The summed E-state index contributed by atoms with van der Waals surface area (Å²) in [7, 11) is 0. The van der Waals surface area contributed by atoms with Gasteiger partial charge in [0.1, 0.15) is 11.6 Å². The van der Waals surface area contributed by atoms with Crippen LogP contribution in [0.15, 0.2) is 0 Å². The first-order chi connectivity index (χ1) is 10.8. The fourth-order valence-electron chi connectivity index (χ4n) is 2.70. The first kappa shape index (κ1) is 19.8. The molecule has 0 aromatic carbocycles. The van der Waals surface area contributed by atoms with E-state index in [2.05, 4.69) is 6.92 Å². The molecular formula is C18H33NO4. The molecule has 0 saturated carbocycles. The summed E-state index contributed by atoms with van der Waals surface area (Å²) in [6.45, 7) is 8.68. The summed E-state index contributed by atoms with van der Waals surface area (Å²) in [6, 6.07) is -0.482. The monoisotopic (exact) mass is 327 g/mol. The second kappa shape index (κ2) is 9.78. The number of nitrogens with zero attached hydrogens (tertiary/aromatic N) is 1. The first-order valence-electron chi connectivity index (χ1n) is 9.01. The van der Waals surface area contributed by atoms with Crippen LogP contribution in [0.4, 0.5) is 4.79 Å². The predicted molar refractivity (Wildman–Crippen MR) is 90.3 cm³/mol. The molecule has 1 rings (SSSR count). The van der Waals surface area contributed by atoms with Gasteiger partial charge in [0.25, 0.3) is 0 Å². The van der Waals surface area contributed by atoms with Crippen LogP contribution >= 0.6 is 0 Å². The summed E-state index contributed by atoms with van der Waals surface area (Å²) in [6.07, 6.45) is 7.99. The third-order valence-electron chi connectivity index (χ3n) is 3.90. The van der Waals surface area contributed by atoms with Crippen molar-refractivity contribution in [3.8, 4) is 0 Å². The van der Waals surface area contributed by atoms with Crippen LogP contribution in [0.3, 0.4) is 0 Å². The van der Waals surface area contributed by atoms with Gasteiger partial charge in [0.2, 0.25) is 0 Å². The van der Waals surface area contributed by atoms with Crippen molar-refractivity contribution in [2.24, 2.45) is 0 Å². The molecule has 1 aliphatic rings. The standard InChI is InChI=1S/C18H33NO4/c1-5-6-7-8-9-10-14-22-16(20)15-12-11-13-19(15)17(21)23-18(2,3)4/h15H,5-14H2,1-4H3/t15-/m0/s1. The zero-order valence-electron chi connectivity index (χ0n) is 15.2. The largest absolute Gasteiger partial charge is 0.464 e. The van der Waals surface area contributed by atoms with Crippen molar-refractivity contribution in [1.29, 1.82) is 0 Å². The third-order valence-corrected chi connectivity index (χ3v) is 3.90. The zero-order chi connectivity index (χ0) is 17.3. The highest BCUT2D eigenvalue weighted by molar-refractivity contribution is 5.82. The summed E-state index contributed by atoms with van der Waals surface area (Å²) < 4.78 is 10.7. The van der Waals surface area contributed by atoms with Crippen LogP contribution in [0.1, 0.15) is 79.1 Å². The van der Waals surface area contributed by atoms with Crippen LogP contribution < -0.4 is 0 Å². The number of unbranched alkanes of at least 4 members (excludes halogenated alkanes) is 5. The van der Waals surface area contributed by atoms with E-state index in [1.807, 2.05) is 20.8 Å². The minimum Gasteiger partial charge on any atom is -0.464 e. The molecule has 5 nitrogen and oxygen atoms in total. The highest BCUT2D eigenvalue weighted by atomic mass is 16.6. The average molecular weight is 327 g/mol. The molecular weight excluding hydrogens is 294 g/mol. The molecule has 5 heteroatoms. The van der Waals surface area contributed by atoms with E-state index in [1.165, 1.54) is 30.6 Å². The minimum absolute atomic E-state index is 0.290. The maximum Gasteiger partial charge on any atom is 0.411 e. The molecule has 0 bridgehead atoms. The molecule has 23 heavy (non-hydrogen) atoms. The molecule has 0 aromatic heterocycles. The number of carbonyl (C=O) groups excluding carboxylic acids is 2. The maximum atomic E-state index is 12.2. The summed E-state index contributed by atoms with van der Waals surface area (Å²) in [5, 5.41) is 0. The lowest BCUT2D eigenvalue weighted by Gasteiger charge is -2.27. The van der Waals surface area contributed by atoms with Crippen LogP contribution in [-0.2, 0) is 14.3 Å².